The Labute approximate surface area is 78.6 Å². The van der Waals surface area contributed by atoms with Crippen molar-refractivity contribution in [3.05, 3.63) is 0 Å². The van der Waals surface area contributed by atoms with Crippen LogP contribution in [0, 0.1) is 0 Å². The molecule has 0 aromatic heterocycles. The SMILES string of the molecule is CC[I-]CN1CCC(F)CC1. The molecule has 0 N–H and O–H groups in total. The van der Waals surface area contributed by atoms with E-state index in [1.807, 2.05) is 0 Å². The second kappa shape index (κ2) is 5.30. The first-order valence-corrected chi connectivity index (χ1v) is 7.28. The summed E-state index contributed by atoms with van der Waals surface area (Å²) in [5.41, 5.74) is 0. The third kappa shape index (κ3) is 3.69. The van der Waals surface area contributed by atoms with Crippen LogP contribution in [0.2, 0.25) is 0 Å². The van der Waals surface area contributed by atoms with E-state index in [1.165, 1.54) is 8.98 Å². The van der Waals surface area contributed by atoms with Crippen molar-refractivity contribution in [2.45, 2.75) is 25.9 Å². The molecule has 0 saturated carbocycles. The van der Waals surface area contributed by atoms with Crippen molar-refractivity contribution in [3.8, 4) is 0 Å². The molecule has 0 unspecified atom stereocenters. The number of likely N-dealkylation sites (tertiary alicyclic amines) is 1. The Morgan fingerprint density at radius 2 is 2.09 bits per heavy atom. The van der Waals surface area contributed by atoms with Crippen LogP contribution in [0.25, 0.3) is 0 Å². The van der Waals surface area contributed by atoms with Gasteiger partial charge in [-0.25, -0.2) is 0 Å². The molecule has 1 rings (SSSR count). The molecule has 1 aliphatic rings. The van der Waals surface area contributed by atoms with Crippen molar-refractivity contribution >= 4 is 0 Å². The van der Waals surface area contributed by atoms with E-state index < -0.39 is 6.17 Å². The summed E-state index contributed by atoms with van der Waals surface area (Å²) in [5, 5.41) is 0. The van der Waals surface area contributed by atoms with Crippen LogP contribution in [-0.4, -0.2) is 33.1 Å². The third-order valence-corrected chi connectivity index (χ3v) is 4.49. The first-order valence-electron chi connectivity index (χ1n) is 4.23. The fourth-order valence-electron chi connectivity index (χ4n) is 1.23. The average molecular weight is 272 g/mol. The average Bonchev–Trinajstić information content (AvgIpc) is 2.04. The summed E-state index contributed by atoms with van der Waals surface area (Å²) in [7, 11) is 0. The Morgan fingerprint density at radius 1 is 1.45 bits per heavy atom. The molecule has 68 valence electrons. The molecule has 0 atom stereocenters. The van der Waals surface area contributed by atoms with Gasteiger partial charge in [-0.05, 0) is 0 Å². The van der Waals surface area contributed by atoms with Crippen LogP contribution in [0.4, 0.5) is 4.39 Å². The molecular weight excluding hydrogens is 256 g/mol. The Kier molecular flexibility index (Phi) is 4.67. The van der Waals surface area contributed by atoms with Crippen LogP contribution < -0.4 is 21.2 Å². The Morgan fingerprint density at radius 3 is 2.64 bits per heavy atom. The fourth-order valence-corrected chi connectivity index (χ4v) is 3.07. The van der Waals surface area contributed by atoms with Crippen LogP contribution in [-0.2, 0) is 0 Å². The van der Waals surface area contributed by atoms with Crippen LogP contribution in [0.3, 0.4) is 0 Å². The zero-order valence-electron chi connectivity index (χ0n) is 7.02. The number of alkyl halides is 3. The van der Waals surface area contributed by atoms with Crippen LogP contribution >= 0.6 is 0 Å². The molecule has 0 radical (unpaired) electrons. The van der Waals surface area contributed by atoms with Gasteiger partial charge in [0.2, 0.25) is 0 Å². The summed E-state index contributed by atoms with van der Waals surface area (Å²) in [6.45, 7) is 4.25. The summed E-state index contributed by atoms with van der Waals surface area (Å²) in [6.07, 6.45) is 1.03. The van der Waals surface area contributed by atoms with Gasteiger partial charge in [0.15, 0.2) is 0 Å². The molecule has 3 heteroatoms. The van der Waals surface area contributed by atoms with E-state index in [9.17, 15) is 4.39 Å². The zero-order chi connectivity index (χ0) is 8.10. The Bertz CT molecular complexity index is 99.5. The quantitative estimate of drug-likeness (QED) is 0.343. The number of nitrogens with zero attached hydrogens (tertiary/aromatic N) is 1. The fraction of sp³-hybridized carbons (Fsp3) is 1.00. The van der Waals surface area contributed by atoms with Gasteiger partial charge in [-0.1, -0.05) is 0 Å². The van der Waals surface area contributed by atoms with Gasteiger partial charge in [-0.3, -0.25) is 0 Å². The monoisotopic (exact) mass is 272 g/mol. The summed E-state index contributed by atoms with van der Waals surface area (Å²) < 4.78 is 15.3. The molecular formula is C8H16FIN-. The van der Waals surface area contributed by atoms with E-state index in [1.54, 1.807) is 0 Å². The van der Waals surface area contributed by atoms with Gasteiger partial charge in [-0.15, -0.1) is 0 Å². The maximum absolute atomic E-state index is 12.7. The van der Waals surface area contributed by atoms with Crippen molar-refractivity contribution in [1.29, 1.82) is 0 Å². The van der Waals surface area contributed by atoms with E-state index >= 15 is 0 Å². The molecule has 1 saturated heterocycles. The Hall–Kier alpha value is 0.620. The molecule has 1 fully saturated rings. The minimum absolute atomic E-state index is 0.392. The topological polar surface area (TPSA) is 3.24 Å². The number of rotatable bonds is 3. The van der Waals surface area contributed by atoms with Gasteiger partial charge in [0.05, 0.1) is 0 Å². The maximum atomic E-state index is 12.7. The molecule has 0 amide bonds. The molecule has 11 heavy (non-hydrogen) atoms. The van der Waals surface area contributed by atoms with Crippen LogP contribution in [0.15, 0.2) is 0 Å². The molecule has 1 heterocycles. The molecule has 1 aliphatic heterocycles. The van der Waals surface area contributed by atoms with E-state index in [2.05, 4.69) is 11.8 Å². The number of hydrogen-bond acceptors (Lipinski definition) is 1. The van der Waals surface area contributed by atoms with Crippen LogP contribution in [0.1, 0.15) is 19.8 Å². The molecule has 0 aliphatic carbocycles. The second-order valence-electron chi connectivity index (χ2n) is 2.87. The molecule has 1 nitrogen and oxygen atoms in total. The number of halogens is 2. The van der Waals surface area contributed by atoms with Gasteiger partial charge < -0.3 is 0 Å². The van der Waals surface area contributed by atoms with Crippen molar-refractivity contribution in [1.82, 2.24) is 4.90 Å². The second-order valence-corrected chi connectivity index (χ2v) is 6.16. The van der Waals surface area contributed by atoms with Crippen molar-refractivity contribution in [2.24, 2.45) is 0 Å². The predicted octanol–water partition coefficient (Wildman–Crippen LogP) is -1.51. The van der Waals surface area contributed by atoms with Crippen molar-refractivity contribution in [2.75, 3.05) is 22.1 Å². The number of piperidine rings is 1. The summed E-state index contributed by atoms with van der Waals surface area (Å²) >= 11 is 0.392. The van der Waals surface area contributed by atoms with Crippen molar-refractivity contribution in [3.63, 3.8) is 0 Å². The molecule has 0 aromatic carbocycles. The standard InChI is InChI=1S/C8H16FIN/c1-2-10-7-11-5-3-8(9)4-6-11/h8H,2-7H2,1H3/q-1. The molecule has 0 spiro atoms. The first-order chi connectivity index (χ1) is 5.33. The van der Waals surface area contributed by atoms with Crippen molar-refractivity contribution < 1.29 is 25.6 Å². The number of hydrogen-bond donors (Lipinski definition) is 0. The first kappa shape index (κ1) is 9.71. The zero-order valence-corrected chi connectivity index (χ0v) is 9.18. The summed E-state index contributed by atoms with van der Waals surface area (Å²) in [5.74, 6) is 0. The van der Waals surface area contributed by atoms with Gasteiger partial charge >= 0.3 is 78.5 Å². The van der Waals surface area contributed by atoms with E-state index in [0.29, 0.717) is 21.2 Å². The Balaban J connectivity index is 2.07. The van der Waals surface area contributed by atoms with Gasteiger partial charge in [0.1, 0.15) is 0 Å². The third-order valence-electron chi connectivity index (χ3n) is 1.96. The van der Waals surface area contributed by atoms with E-state index in [-0.39, 0.29) is 0 Å². The van der Waals surface area contributed by atoms with Crippen LogP contribution in [0.5, 0.6) is 0 Å². The summed E-state index contributed by atoms with van der Waals surface area (Å²) in [6, 6.07) is 0. The minimum atomic E-state index is -0.508. The predicted molar refractivity (Wildman–Crippen MR) is 41.1 cm³/mol. The summed E-state index contributed by atoms with van der Waals surface area (Å²) in [4.78, 5) is 2.42. The molecule has 0 bridgehead atoms. The normalized spacial score (nSPS) is 22.7. The van der Waals surface area contributed by atoms with Gasteiger partial charge in [-0.2, -0.15) is 0 Å². The van der Waals surface area contributed by atoms with E-state index in [4.69, 9.17) is 0 Å². The molecule has 0 aromatic rings. The van der Waals surface area contributed by atoms with Gasteiger partial charge in [0, 0.05) is 0 Å². The van der Waals surface area contributed by atoms with Gasteiger partial charge in [0.25, 0.3) is 0 Å². The van der Waals surface area contributed by atoms with E-state index in [0.717, 1.165) is 25.9 Å².